The zero-order valence-corrected chi connectivity index (χ0v) is 17.3. The summed E-state index contributed by atoms with van der Waals surface area (Å²) in [6.07, 6.45) is 3.69. The van der Waals surface area contributed by atoms with E-state index in [0.717, 1.165) is 21.9 Å². The first kappa shape index (κ1) is 21.1. The van der Waals surface area contributed by atoms with E-state index >= 15 is 0 Å². The zero-order chi connectivity index (χ0) is 22.3. The van der Waals surface area contributed by atoms with Crippen molar-refractivity contribution in [3.05, 3.63) is 108 Å². The Balaban J connectivity index is 1.45. The van der Waals surface area contributed by atoms with Crippen molar-refractivity contribution in [3.63, 3.8) is 0 Å². The van der Waals surface area contributed by atoms with Gasteiger partial charge in [-0.3, -0.25) is 9.78 Å². The SMILES string of the molecule is O=C(N[C@@H](Cc1ccccc1)C(=O)O)c1ccc2cc(OCc3cccnc3)ccc2c1. The normalized spacial score (nSPS) is 11.6. The minimum atomic E-state index is -1.07. The summed E-state index contributed by atoms with van der Waals surface area (Å²) in [6.45, 7) is 0.415. The molecule has 0 spiro atoms. The standard InChI is InChI=1S/C26H22N2O4/c29-25(28-24(26(30)31)13-18-5-2-1-3-6-18)22-9-8-21-15-23(11-10-20(21)14-22)32-17-19-7-4-12-27-16-19/h1-12,14-16,24H,13,17H2,(H,28,29)(H,30,31)/t24-/m0/s1. The van der Waals surface area contributed by atoms with Gasteiger partial charge in [-0.25, -0.2) is 4.79 Å². The van der Waals surface area contributed by atoms with Gasteiger partial charge in [0.2, 0.25) is 0 Å². The summed E-state index contributed by atoms with van der Waals surface area (Å²) in [5.41, 5.74) is 2.22. The van der Waals surface area contributed by atoms with Crippen LogP contribution in [-0.4, -0.2) is 28.0 Å². The van der Waals surface area contributed by atoms with Crippen LogP contribution in [0.25, 0.3) is 10.8 Å². The van der Waals surface area contributed by atoms with Crippen molar-refractivity contribution in [1.29, 1.82) is 0 Å². The summed E-state index contributed by atoms with van der Waals surface area (Å²) in [6, 6.07) is 22.9. The molecule has 0 aliphatic rings. The van der Waals surface area contributed by atoms with Gasteiger partial charge in [0, 0.05) is 29.9 Å². The molecule has 32 heavy (non-hydrogen) atoms. The number of carboxylic acid groups (broad SMARTS) is 1. The van der Waals surface area contributed by atoms with Crippen molar-refractivity contribution < 1.29 is 19.4 Å². The molecule has 2 N–H and O–H groups in total. The summed E-state index contributed by atoms with van der Waals surface area (Å²) >= 11 is 0. The Morgan fingerprint density at radius 3 is 2.41 bits per heavy atom. The maximum atomic E-state index is 12.7. The van der Waals surface area contributed by atoms with E-state index in [4.69, 9.17) is 4.74 Å². The average molecular weight is 426 g/mol. The number of carbonyl (C=O) groups excluding carboxylic acids is 1. The largest absolute Gasteiger partial charge is 0.489 e. The lowest BCUT2D eigenvalue weighted by Crippen LogP contribution is -2.42. The number of pyridine rings is 1. The van der Waals surface area contributed by atoms with Gasteiger partial charge in [0.25, 0.3) is 5.91 Å². The number of carboxylic acids is 1. The second-order valence-electron chi connectivity index (χ2n) is 7.43. The van der Waals surface area contributed by atoms with Gasteiger partial charge in [0.1, 0.15) is 18.4 Å². The number of rotatable bonds is 8. The number of nitrogens with one attached hydrogen (secondary N) is 1. The third-order valence-corrected chi connectivity index (χ3v) is 5.09. The maximum absolute atomic E-state index is 12.7. The number of aliphatic carboxylic acids is 1. The van der Waals surface area contributed by atoms with Gasteiger partial charge >= 0.3 is 5.97 Å². The van der Waals surface area contributed by atoms with E-state index in [1.165, 1.54) is 0 Å². The fourth-order valence-electron chi connectivity index (χ4n) is 3.40. The molecule has 1 aromatic heterocycles. The van der Waals surface area contributed by atoms with Crippen LogP contribution in [0, 0.1) is 0 Å². The van der Waals surface area contributed by atoms with Crippen LogP contribution in [0.1, 0.15) is 21.5 Å². The van der Waals surface area contributed by atoms with E-state index < -0.39 is 17.9 Å². The molecule has 0 unspecified atom stereocenters. The Kier molecular flexibility index (Phi) is 6.41. The monoisotopic (exact) mass is 426 g/mol. The summed E-state index contributed by atoms with van der Waals surface area (Å²) in [4.78, 5) is 28.4. The van der Waals surface area contributed by atoms with Crippen molar-refractivity contribution in [2.75, 3.05) is 0 Å². The Bertz CT molecular complexity index is 1230. The third kappa shape index (κ3) is 5.29. The number of amides is 1. The van der Waals surface area contributed by atoms with Crippen molar-refractivity contribution in [2.24, 2.45) is 0 Å². The molecule has 4 rings (SSSR count). The van der Waals surface area contributed by atoms with Crippen LogP contribution in [0.15, 0.2) is 91.3 Å². The van der Waals surface area contributed by atoms with E-state index in [0.29, 0.717) is 17.9 Å². The van der Waals surface area contributed by atoms with Gasteiger partial charge in [-0.1, -0.05) is 48.5 Å². The molecule has 0 aliphatic carbocycles. The van der Waals surface area contributed by atoms with Crippen LogP contribution < -0.4 is 10.1 Å². The second kappa shape index (κ2) is 9.75. The van der Waals surface area contributed by atoms with Crippen LogP contribution >= 0.6 is 0 Å². The quantitative estimate of drug-likeness (QED) is 0.440. The van der Waals surface area contributed by atoms with E-state index in [-0.39, 0.29) is 6.42 Å². The molecule has 4 aromatic rings. The fourth-order valence-corrected chi connectivity index (χ4v) is 3.40. The lowest BCUT2D eigenvalue weighted by molar-refractivity contribution is -0.139. The molecule has 1 atom stereocenters. The minimum absolute atomic E-state index is 0.215. The highest BCUT2D eigenvalue weighted by molar-refractivity contribution is 6.00. The molecule has 160 valence electrons. The Labute approximate surface area is 185 Å². The lowest BCUT2D eigenvalue weighted by Gasteiger charge is -2.15. The molecule has 0 bridgehead atoms. The maximum Gasteiger partial charge on any atom is 0.326 e. The van der Waals surface area contributed by atoms with Gasteiger partial charge in [-0.05, 0) is 46.7 Å². The molecular formula is C26H22N2O4. The highest BCUT2D eigenvalue weighted by Crippen LogP contribution is 2.23. The Morgan fingerprint density at radius 2 is 1.66 bits per heavy atom. The minimum Gasteiger partial charge on any atom is -0.489 e. The molecule has 1 heterocycles. The first-order chi connectivity index (χ1) is 15.6. The van der Waals surface area contributed by atoms with Crippen LogP contribution in [0.4, 0.5) is 0 Å². The highest BCUT2D eigenvalue weighted by Gasteiger charge is 2.21. The number of nitrogens with zero attached hydrogens (tertiary/aromatic N) is 1. The summed E-state index contributed by atoms with van der Waals surface area (Å²) in [7, 11) is 0. The first-order valence-corrected chi connectivity index (χ1v) is 10.2. The molecule has 0 radical (unpaired) electrons. The van der Waals surface area contributed by atoms with E-state index in [1.54, 1.807) is 24.5 Å². The summed E-state index contributed by atoms with van der Waals surface area (Å²) in [5.74, 6) is -0.780. The van der Waals surface area contributed by atoms with Gasteiger partial charge in [-0.2, -0.15) is 0 Å². The number of ether oxygens (including phenoxy) is 1. The molecule has 6 heteroatoms. The fraction of sp³-hybridized carbons (Fsp3) is 0.115. The van der Waals surface area contributed by atoms with Crippen molar-refractivity contribution >= 4 is 22.6 Å². The predicted molar refractivity (Wildman–Crippen MR) is 122 cm³/mol. The van der Waals surface area contributed by atoms with Crippen LogP contribution in [0.5, 0.6) is 5.75 Å². The molecule has 6 nitrogen and oxygen atoms in total. The number of hydrogen-bond acceptors (Lipinski definition) is 4. The van der Waals surface area contributed by atoms with Crippen molar-refractivity contribution in [3.8, 4) is 5.75 Å². The van der Waals surface area contributed by atoms with Gasteiger partial charge < -0.3 is 15.2 Å². The number of hydrogen-bond donors (Lipinski definition) is 2. The molecule has 0 saturated carbocycles. The van der Waals surface area contributed by atoms with Gasteiger partial charge in [0.15, 0.2) is 0 Å². The van der Waals surface area contributed by atoms with Crippen molar-refractivity contribution in [2.45, 2.75) is 19.1 Å². The molecular weight excluding hydrogens is 404 g/mol. The van der Waals surface area contributed by atoms with E-state index in [9.17, 15) is 14.7 Å². The van der Waals surface area contributed by atoms with Crippen LogP contribution in [-0.2, 0) is 17.8 Å². The molecule has 0 aliphatic heterocycles. The highest BCUT2D eigenvalue weighted by atomic mass is 16.5. The summed E-state index contributed by atoms with van der Waals surface area (Å²) in [5, 5.41) is 13.9. The van der Waals surface area contributed by atoms with E-state index in [1.807, 2.05) is 66.7 Å². The number of aromatic nitrogens is 1. The second-order valence-corrected chi connectivity index (χ2v) is 7.43. The molecule has 0 saturated heterocycles. The van der Waals surface area contributed by atoms with Crippen LogP contribution in [0.2, 0.25) is 0 Å². The van der Waals surface area contributed by atoms with Gasteiger partial charge in [-0.15, -0.1) is 0 Å². The topological polar surface area (TPSA) is 88.5 Å². The first-order valence-electron chi connectivity index (χ1n) is 10.2. The van der Waals surface area contributed by atoms with Crippen molar-refractivity contribution in [1.82, 2.24) is 10.3 Å². The number of carbonyl (C=O) groups is 2. The lowest BCUT2D eigenvalue weighted by atomic mass is 10.0. The zero-order valence-electron chi connectivity index (χ0n) is 17.3. The smallest absolute Gasteiger partial charge is 0.326 e. The van der Waals surface area contributed by atoms with Gasteiger partial charge in [0.05, 0.1) is 0 Å². The van der Waals surface area contributed by atoms with Crippen LogP contribution in [0.3, 0.4) is 0 Å². The molecule has 0 fully saturated rings. The summed E-state index contributed by atoms with van der Waals surface area (Å²) < 4.78 is 5.83. The Morgan fingerprint density at radius 1 is 0.906 bits per heavy atom. The Hall–Kier alpha value is -4.19. The predicted octanol–water partition coefficient (Wildman–Crippen LogP) is 4.24. The molecule has 1 amide bonds. The number of fused-ring (bicyclic) bond motifs is 1. The molecule has 3 aromatic carbocycles. The third-order valence-electron chi connectivity index (χ3n) is 5.09. The number of benzene rings is 3. The average Bonchev–Trinajstić information content (AvgIpc) is 2.83. The van der Waals surface area contributed by atoms with E-state index in [2.05, 4.69) is 10.3 Å².